The van der Waals surface area contributed by atoms with Crippen LogP contribution in [0.1, 0.15) is 43.8 Å². The Balaban J connectivity index is 2.09. The molecule has 98 valence electrons. The maximum absolute atomic E-state index is 5.54. The van der Waals surface area contributed by atoms with Gasteiger partial charge in [-0.3, -0.25) is 0 Å². The average molecular weight is 256 g/mol. The van der Waals surface area contributed by atoms with Crippen molar-refractivity contribution < 1.29 is 4.74 Å². The van der Waals surface area contributed by atoms with E-state index >= 15 is 0 Å². The first-order valence-corrected chi connectivity index (χ1v) is 7.20. The van der Waals surface area contributed by atoms with Crippen molar-refractivity contribution in [2.45, 2.75) is 40.2 Å². The lowest BCUT2D eigenvalue weighted by atomic mass is 10.2. The fourth-order valence-corrected chi connectivity index (χ4v) is 2.47. The molecule has 1 unspecified atom stereocenters. The molecule has 1 atom stereocenters. The molecule has 0 saturated heterocycles. The molecule has 1 aromatic heterocycles. The molecule has 17 heavy (non-hydrogen) atoms. The zero-order chi connectivity index (χ0) is 12.7. The van der Waals surface area contributed by atoms with Gasteiger partial charge in [-0.05, 0) is 32.7 Å². The minimum Gasteiger partial charge on any atom is -0.381 e. The van der Waals surface area contributed by atoms with Crippen LogP contribution in [0.3, 0.4) is 0 Å². The van der Waals surface area contributed by atoms with Gasteiger partial charge >= 0.3 is 0 Å². The largest absolute Gasteiger partial charge is 0.381 e. The van der Waals surface area contributed by atoms with Crippen LogP contribution in [-0.2, 0) is 4.74 Å². The summed E-state index contributed by atoms with van der Waals surface area (Å²) in [7, 11) is 0. The van der Waals surface area contributed by atoms with E-state index in [1.165, 1.54) is 4.88 Å². The number of aromatic nitrogens is 1. The molecule has 0 aromatic carbocycles. The molecular weight excluding hydrogens is 232 g/mol. The lowest BCUT2D eigenvalue weighted by Crippen LogP contribution is -2.21. The zero-order valence-corrected chi connectivity index (χ0v) is 12.1. The van der Waals surface area contributed by atoms with E-state index in [4.69, 9.17) is 4.74 Å². The van der Waals surface area contributed by atoms with Gasteiger partial charge in [0, 0.05) is 24.1 Å². The van der Waals surface area contributed by atoms with Gasteiger partial charge in [0.1, 0.15) is 0 Å². The number of thiazole rings is 1. The number of nitrogens with zero attached hydrogens (tertiary/aromatic N) is 1. The molecule has 0 saturated carbocycles. The molecule has 0 aliphatic carbocycles. The van der Waals surface area contributed by atoms with E-state index in [-0.39, 0.29) is 0 Å². The second-order valence-corrected chi connectivity index (χ2v) is 5.69. The Morgan fingerprint density at radius 1 is 1.41 bits per heavy atom. The van der Waals surface area contributed by atoms with Gasteiger partial charge < -0.3 is 10.1 Å². The molecule has 3 nitrogen and oxygen atoms in total. The number of nitrogens with one attached hydrogen (secondary N) is 1. The number of aryl methyl sites for hydroxylation is 1. The van der Waals surface area contributed by atoms with Crippen LogP contribution < -0.4 is 5.32 Å². The Morgan fingerprint density at radius 2 is 2.18 bits per heavy atom. The highest BCUT2D eigenvalue weighted by Crippen LogP contribution is 2.20. The molecule has 0 amide bonds. The van der Waals surface area contributed by atoms with Gasteiger partial charge in [-0.25, -0.2) is 4.98 Å². The smallest absolute Gasteiger partial charge is 0.0798 e. The minimum atomic E-state index is 0.396. The summed E-state index contributed by atoms with van der Waals surface area (Å²) in [5, 5.41) is 3.50. The normalized spacial score (nSPS) is 13.2. The molecule has 0 aliphatic heterocycles. The van der Waals surface area contributed by atoms with Crippen molar-refractivity contribution in [2.24, 2.45) is 5.92 Å². The lowest BCUT2D eigenvalue weighted by molar-refractivity contribution is 0.107. The third-order valence-corrected chi connectivity index (χ3v) is 3.66. The Morgan fingerprint density at radius 3 is 2.76 bits per heavy atom. The summed E-state index contributed by atoms with van der Waals surface area (Å²) in [5.74, 6) is 0.627. The van der Waals surface area contributed by atoms with Crippen LogP contribution in [-0.4, -0.2) is 24.7 Å². The number of hydrogen-bond acceptors (Lipinski definition) is 4. The van der Waals surface area contributed by atoms with Gasteiger partial charge in [-0.15, -0.1) is 11.3 Å². The predicted molar refractivity (Wildman–Crippen MR) is 73.5 cm³/mol. The molecular formula is C13H24N2OS. The summed E-state index contributed by atoms with van der Waals surface area (Å²) in [4.78, 5) is 5.61. The molecule has 1 aromatic rings. The average Bonchev–Trinajstić information content (AvgIpc) is 2.69. The van der Waals surface area contributed by atoms with Crippen molar-refractivity contribution in [3.05, 3.63) is 16.1 Å². The van der Waals surface area contributed by atoms with Crippen molar-refractivity contribution in [3.63, 3.8) is 0 Å². The second kappa shape index (κ2) is 7.80. The monoisotopic (exact) mass is 256 g/mol. The van der Waals surface area contributed by atoms with Gasteiger partial charge in [-0.2, -0.15) is 0 Å². The minimum absolute atomic E-state index is 0.396. The van der Waals surface area contributed by atoms with Crippen LogP contribution in [0.25, 0.3) is 0 Å². The van der Waals surface area contributed by atoms with E-state index in [2.05, 4.69) is 38.0 Å². The third-order valence-electron chi connectivity index (χ3n) is 2.54. The van der Waals surface area contributed by atoms with E-state index in [1.54, 1.807) is 11.3 Å². The summed E-state index contributed by atoms with van der Waals surface area (Å²) >= 11 is 1.72. The molecule has 0 bridgehead atoms. The van der Waals surface area contributed by atoms with Crippen molar-refractivity contribution in [1.82, 2.24) is 10.3 Å². The quantitative estimate of drug-likeness (QED) is 0.725. The highest BCUT2D eigenvalue weighted by atomic mass is 32.1. The zero-order valence-electron chi connectivity index (χ0n) is 11.3. The van der Waals surface area contributed by atoms with Crippen molar-refractivity contribution in [1.29, 1.82) is 0 Å². The molecule has 0 spiro atoms. The topological polar surface area (TPSA) is 34.2 Å². The third kappa shape index (κ3) is 5.61. The molecule has 1 rings (SSSR count). The second-order valence-electron chi connectivity index (χ2n) is 4.80. The Hall–Kier alpha value is -0.450. The summed E-state index contributed by atoms with van der Waals surface area (Å²) in [6, 6.07) is 0.396. The predicted octanol–water partition coefficient (Wildman–Crippen LogP) is 3.16. The van der Waals surface area contributed by atoms with Gasteiger partial charge in [0.2, 0.25) is 0 Å². The maximum Gasteiger partial charge on any atom is 0.0798 e. The van der Waals surface area contributed by atoms with Crippen LogP contribution in [0.4, 0.5) is 0 Å². The van der Waals surface area contributed by atoms with Crippen molar-refractivity contribution in [2.75, 3.05) is 19.8 Å². The van der Waals surface area contributed by atoms with Crippen LogP contribution in [0.2, 0.25) is 0 Å². The highest BCUT2D eigenvalue weighted by Gasteiger charge is 2.09. The van der Waals surface area contributed by atoms with Crippen LogP contribution in [0, 0.1) is 12.8 Å². The highest BCUT2D eigenvalue weighted by molar-refractivity contribution is 7.09. The Labute approximate surface area is 109 Å². The van der Waals surface area contributed by atoms with E-state index in [0.29, 0.717) is 12.0 Å². The fourth-order valence-electron chi connectivity index (χ4n) is 1.63. The number of ether oxygens (including phenoxy) is 1. The molecule has 1 N–H and O–H groups in total. The Bertz CT molecular complexity index is 312. The van der Waals surface area contributed by atoms with Gasteiger partial charge in [0.05, 0.1) is 11.2 Å². The summed E-state index contributed by atoms with van der Waals surface area (Å²) in [6.45, 7) is 11.3. The standard InChI is InChI=1S/C13H24N2OS/c1-10(2)8-16-7-5-6-14-11(3)13-12(4)15-9-17-13/h9-11,14H,5-8H2,1-4H3. The van der Waals surface area contributed by atoms with Crippen molar-refractivity contribution in [3.8, 4) is 0 Å². The van der Waals surface area contributed by atoms with Crippen LogP contribution in [0.5, 0.6) is 0 Å². The molecule has 1 heterocycles. The molecule has 4 heteroatoms. The summed E-state index contributed by atoms with van der Waals surface area (Å²) < 4.78 is 5.54. The van der Waals surface area contributed by atoms with Crippen LogP contribution >= 0.6 is 11.3 Å². The first-order valence-electron chi connectivity index (χ1n) is 6.32. The SMILES string of the molecule is Cc1ncsc1C(C)NCCCOCC(C)C. The van der Waals surface area contributed by atoms with E-state index < -0.39 is 0 Å². The van der Waals surface area contributed by atoms with Gasteiger partial charge in [-0.1, -0.05) is 13.8 Å². The molecule has 0 fully saturated rings. The molecule has 0 aliphatic rings. The molecule has 0 radical (unpaired) electrons. The van der Waals surface area contributed by atoms with E-state index in [0.717, 1.165) is 31.9 Å². The summed E-state index contributed by atoms with van der Waals surface area (Å²) in [6.07, 6.45) is 1.06. The van der Waals surface area contributed by atoms with Gasteiger partial charge in [0.25, 0.3) is 0 Å². The summed E-state index contributed by atoms with van der Waals surface area (Å²) in [5.41, 5.74) is 3.06. The number of rotatable bonds is 8. The maximum atomic E-state index is 5.54. The van der Waals surface area contributed by atoms with Crippen molar-refractivity contribution >= 4 is 11.3 Å². The number of hydrogen-bond donors (Lipinski definition) is 1. The van der Waals surface area contributed by atoms with Crippen LogP contribution in [0.15, 0.2) is 5.51 Å². The van der Waals surface area contributed by atoms with Gasteiger partial charge in [0.15, 0.2) is 0 Å². The van der Waals surface area contributed by atoms with E-state index in [9.17, 15) is 0 Å². The lowest BCUT2D eigenvalue weighted by Gasteiger charge is -2.13. The van der Waals surface area contributed by atoms with E-state index in [1.807, 2.05) is 5.51 Å². The first kappa shape index (κ1) is 14.6. The first-order chi connectivity index (χ1) is 8.11. The Kier molecular flexibility index (Phi) is 6.70. The fraction of sp³-hybridized carbons (Fsp3) is 0.769.